The molecule has 0 aliphatic carbocycles. The Balaban J connectivity index is 1.32. The van der Waals surface area contributed by atoms with Crippen LogP contribution in [0.3, 0.4) is 0 Å². The first-order valence-corrected chi connectivity index (χ1v) is 12.0. The van der Waals surface area contributed by atoms with E-state index in [0.717, 1.165) is 74.0 Å². The molecule has 176 valence electrons. The number of aliphatic imine (C=N–C) groups is 1. The minimum absolute atomic E-state index is 0.0190. The van der Waals surface area contributed by atoms with E-state index < -0.39 is 0 Å². The quantitative estimate of drug-likeness (QED) is 0.554. The van der Waals surface area contributed by atoms with Crippen molar-refractivity contribution in [3.63, 3.8) is 0 Å². The van der Waals surface area contributed by atoms with E-state index in [4.69, 9.17) is 4.98 Å². The maximum atomic E-state index is 12.7. The molecule has 1 saturated heterocycles. The van der Waals surface area contributed by atoms with Gasteiger partial charge in [0.2, 0.25) is 5.91 Å². The van der Waals surface area contributed by atoms with E-state index in [1.54, 1.807) is 0 Å². The number of anilines is 1. The van der Waals surface area contributed by atoms with E-state index in [1.807, 2.05) is 42.7 Å². The summed E-state index contributed by atoms with van der Waals surface area (Å²) in [6.45, 7) is 3.20. The fraction of sp³-hybridized carbons (Fsp3) is 0.385. The molecule has 8 heteroatoms. The number of hydrogen-bond donors (Lipinski definition) is 2. The number of benzene rings is 2. The molecule has 8 nitrogen and oxygen atoms in total. The molecule has 1 fully saturated rings. The lowest BCUT2D eigenvalue weighted by Crippen LogP contribution is -2.48. The lowest BCUT2D eigenvalue weighted by Gasteiger charge is -2.33. The Morgan fingerprint density at radius 3 is 2.71 bits per heavy atom. The van der Waals surface area contributed by atoms with Crippen molar-refractivity contribution in [1.29, 1.82) is 0 Å². The molecule has 3 heterocycles. The van der Waals surface area contributed by atoms with Crippen LogP contribution in [0.1, 0.15) is 37.3 Å². The number of para-hydroxylation sites is 1. The number of fused-ring (bicyclic) bond motifs is 1. The van der Waals surface area contributed by atoms with Gasteiger partial charge in [-0.25, -0.2) is 4.98 Å². The van der Waals surface area contributed by atoms with E-state index in [-0.39, 0.29) is 17.9 Å². The molecule has 0 radical (unpaired) electrons. The summed E-state index contributed by atoms with van der Waals surface area (Å²) in [6, 6.07) is 16.2. The largest absolute Gasteiger partial charge is 0.370 e. The molecule has 1 atom stereocenters. The number of imidazole rings is 1. The van der Waals surface area contributed by atoms with Crippen molar-refractivity contribution >= 4 is 34.9 Å². The Morgan fingerprint density at radius 2 is 1.97 bits per heavy atom. The molecule has 1 amide bonds. The third kappa shape index (κ3) is 4.53. The van der Waals surface area contributed by atoms with Crippen molar-refractivity contribution in [1.82, 2.24) is 20.2 Å². The zero-order valence-electron chi connectivity index (χ0n) is 19.2. The first-order valence-electron chi connectivity index (χ1n) is 12.0. The molecule has 2 N–H and O–H groups in total. The molecule has 2 aromatic carbocycles. The number of hydrogen-bond acceptors (Lipinski definition) is 6. The molecule has 2 aliphatic rings. The highest BCUT2D eigenvalue weighted by Gasteiger charge is 2.27. The number of carbonyl (C=O) groups excluding carboxylic acids is 2. The van der Waals surface area contributed by atoms with Crippen LogP contribution in [-0.2, 0) is 9.59 Å². The van der Waals surface area contributed by atoms with Crippen LogP contribution in [0.15, 0.2) is 59.9 Å². The SMILES string of the molecule is O=CCC(c1ccccc1)n1cnc2c(N3CCC(C(=O)NC4=NCCCN4)CC3)cccc21. The normalized spacial score (nSPS) is 17.6. The molecule has 34 heavy (non-hydrogen) atoms. The summed E-state index contributed by atoms with van der Waals surface area (Å²) in [4.78, 5) is 35.6. The van der Waals surface area contributed by atoms with Crippen molar-refractivity contribution in [3.8, 4) is 0 Å². The molecule has 0 spiro atoms. The summed E-state index contributed by atoms with van der Waals surface area (Å²) < 4.78 is 2.10. The van der Waals surface area contributed by atoms with E-state index in [9.17, 15) is 9.59 Å². The average Bonchev–Trinajstić information content (AvgIpc) is 3.32. The number of nitrogens with zero attached hydrogens (tertiary/aromatic N) is 4. The van der Waals surface area contributed by atoms with Crippen LogP contribution >= 0.6 is 0 Å². The van der Waals surface area contributed by atoms with Crippen LogP contribution < -0.4 is 15.5 Å². The minimum atomic E-state index is -0.0929. The number of guanidine groups is 1. The highest BCUT2D eigenvalue weighted by Crippen LogP contribution is 2.32. The maximum Gasteiger partial charge on any atom is 0.229 e. The summed E-state index contributed by atoms with van der Waals surface area (Å²) in [6.07, 6.45) is 5.77. The topological polar surface area (TPSA) is 91.6 Å². The fourth-order valence-corrected chi connectivity index (χ4v) is 4.94. The van der Waals surface area contributed by atoms with Crippen molar-refractivity contribution < 1.29 is 9.59 Å². The Bertz CT molecular complexity index is 1180. The highest BCUT2D eigenvalue weighted by molar-refractivity contribution is 5.98. The monoisotopic (exact) mass is 458 g/mol. The van der Waals surface area contributed by atoms with E-state index in [0.29, 0.717) is 12.4 Å². The van der Waals surface area contributed by atoms with Gasteiger partial charge >= 0.3 is 0 Å². The molecule has 0 bridgehead atoms. The summed E-state index contributed by atoms with van der Waals surface area (Å²) in [5.74, 6) is 0.640. The minimum Gasteiger partial charge on any atom is -0.370 e. The van der Waals surface area contributed by atoms with Gasteiger partial charge in [-0.15, -0.1) is 0 Å². The summed E-state index contributed by atoms with van der Waals surface area (Å²) in [5.41, 5.74) is 4.10. The van der Waals surface area contributed by atoms with Gasteiger partial charge in [-0.1, -0.05) is 36.4 Å². The van der Waals surface area contributed by atoms with Crippen LogP contribution in [-0.4, -0.2) is 53.9 Å². The zero-order chi connectivity index (χ0) is 23.3. The maximum absolute atomic E-state index is 12.7. The summed E-state index contributed by atoms with van der Waals surface area (Å²) in [7, 11) is 0. The Morgan fingerprint density at radius 1 is 1.15 bits per heavy atom. The summed E-state index contributed by atoms with van der Waals surface area (Å²) >= 11 is 0. The molecular formula is C26H30N6O2. The lowest BCUT2D eigenvalue weighted by atomic mass is 9.95. The van der Waals surface area contributed by atoms with Crippen molar-refractivity contribution in [2.75, 3.05) is 31.1 Å². The van der Waals surface area contributed by atoms with Crippen LogP contribution in [0.5, 0.6) is 0 Å². The number of piperidine rings is 1. The molecule has 1 aromatic heterocycles. The molecule has 1 unspecified atom stereocenters. The van der Waals surface area contributed by atoms with Crippen LogP contribution in [0.25, 0.3) is 11.0 Å². The third-order valence-corrected chi connectivity index (χ3v) is 6.77. The van der Waals surface area contributed by atoms with Crippen molar-refractivity contribution in [3.05, 3.63) is 60.4 Å². The molecule has 5 rings (SSSR count). The number of amides is 1. The Hall–Kier alpha value is -3.68. The second kappa shape index (κ2) is 10.1. The van der Waals surface area contributed by atoms with Crippen LogP contribution in [0.4, 0.5) is 5.69 Å². The van der Waals surface area contributed by atoms with Gasteiger partial charge in [0.15, 0.2) is 5.96 Å². The fourth-order valence-electron chi connectivity index (χ4n) is 4.94. The first-order chi connectivity index (χ1) is 16.7. The zero-order valence-corrected chi connectivity index (χ0v) is 19.2. The van der Waals surface area contributed by atoms with Gasteiger partial charge in [-0.05, 0) is 37.0 Å². The molecular weight excluding hydrogens is 428 g/mol. The predicted molar refractivity (Wildman–Crippen MR) is 133 cm³/mol. The van der Waals surface area contributed by atoms with E-state index in [2.05, 4.69) is 37.2 Å². The molecule has 2 aliphatic heterocycles. The number of carbonyl (C=O) groups is 2. The third-order valence-electron chi connectivity index (χ3n) is 6.77. The highest BCUT2D eigenvalue weighted by atomic mass is 16.2. The number of aldehydes is 1. The standard InChI is InChI=1S/C26H30N6O2/c33-17-12-21(19-6-2-1-3-7-19)32-18-29-24-22(8-4-9-23(24)32)31-15-10-20(11-16-31)25(34)30-26-27-13-5-14-28-26/h1-4,6-9,17-18,20-21H,5,10-16H2,(H2,27,28,30,34). The predicted octanol–water partition coefficient (Wildman–Crippen LogP) is 2.90. The number of aromatic nitrogens is 2. The lowest BCUT2D eigenvalue weighted by molar-refractivity contribution is -0.124. The second-order valence-corrected chi connectivity index (χ2v) is 8.89. The second-order valence-electron chi connectivity index (χ2n) is 8.89. The van der Waals surface area contributed by atoms with Gasteiger partial charge in [0.1, 0.15) is 11.8 Å². The van der Waals surface area contributed by atoms with Gasteiger partial charge in [0.05, 0.1) is 23.6 Å². The van der Waals surface area contributed by atoms with Crippen LogP contribution in [0, 0.1) is 5.92 Å². The van der Waals surface area contributed by atoms with E-state index in [1.165, 1.54) is 0 Å². The van der Waals surface area contributed by atoms with Gasteiger partial charge in [-0.2, -0.15) is 0 Å². The Labute approximate surface area is 199 Å². The first kappa shape index (κ1) is 22.1. The summed E-state index contributed by atoms with van der Waals surface area (Å²) in [5, 5.41) is 6.10. The molecule has 3 aromatic rings. The van der Waals surface area contributed by atoms with Gasteiger partial charge < -0.3 is 19.6 Å². The Kier molecular flexibility index (Phi) is 6.56. The number of rotatable bonds is 6. The average molecular weight is 459 g/mol. The van der Waals surface area contributed by atoms with Crippen molar-refractivity contribution in [2.24, 2.45) is 10.9 Å². The van der Waals surface area contributed by atoms with Gasteiger partial charge in [0.25, 0.3) is 0 Å². The van der Waals surface area contributed by atoms with Crippen LogP contribution in [0.2, 0.25) is 0 Å². The van der Waals surface area contributed by atoms with Gasteiger partial charge in [-0.3, -0.25) is 15.1 Å². The number of nitrogens with one attached hydrogen (secondary N) is 2. The van der Waals surface area contributed by atoms with E-state index >= 15 is 0 Å². The smallest absolute Gasteiger partial charge is 0.229 e. The van der Waals surface area contributed by atoms with Crippen molar-refractivity contribution in [2.45, 2.75) is 31.7 Å². The van der Waals surface area contributed by atoms with Gasteiger partial charge in [0, 0.05) is 38.5 Å². The molecule has 0 saturated carbocycles.